The summed E-state index contributed by atoms with van der Waals surface area (Å²) in [5.74, 6) is 0.520. The van der Waals surface area contributed by atoms with Crippen LogP contribution in [0.5, 0.6) is 0 Å². The van der Waals surface area contributed by atoms with E-state index in [9.17, 15) is 4.39 Å². The maximum atomic E-state index is 13.5. The van der Waals surface area contributed by atoms with E-state index in [2.05, 4.69) is 35.8 Å². The first-order valence-corrected chi connectivity index (χ1v) is 8.11. The zero-order valence-electron chi connectivity index (χ0n) is 10.9. The van der Waals surface area contributed by atoms with Crippen molar-refractivity contribution in [2.24, 2.45) is 0 Å². The molecule has 4 nitrogen and oxygen atoms in total. The van der Waals surface area contributed by atoms with Crippen molar-refractivity contribution < 1.29 is 4.39 Å². The maximum absolute atomic E-state index is 13.5. The first-order valence-electron chi connectivity index (χ1n) is 6.50. The van der Waals surface area contributed by atoms with Gasteiger partial charge in [0.15, 0.2) is 3.92 Å². The average molecular weight is 365 g/mol. The number of fused-ring (bicyclic) bond motifs is 2. The third-order valence-corrected chi connectivity index (χ3v) is 5.11. The summed E-state index contributed by atoms with van der Waals surface area (Å²) in [6.45, 7) is 1.58. The summed E-state index contributed by atoms with van der Waals surface area (Å²) in [5.41, 5.74) is 1.91. The molecule has 0 aliphatic carbocycles. The fourth-order valence-corrected chi connectivity index (χ4v) is 4.26. The van der Waals surface area contributed by atoms with Crippen LogP contribution in [0.25, 0.3) is 10.9 Å². The Hall–Kier alpha value is -1.60. The molecule has 3 heterocycles. The Kier molecular flexibility index (Phi) is 3.11. The minimum absolute atomic E-state index is 0.267. The van der Waals surface area contributed by atoms with Gasteiger partial charge in [0, 0.05) is 23.2 Å². The molecule has 0 N–H and O–H groups in total. The van der Waals surface area contributed by atoms with E-state index in [0.717, 1.165) is 45.8 Å². The second kappa shape index (κ2) is 4.99. The predicted molar refractivity (Wildman–Crippen MR) is 84.1 cm³/mol. The molecule has 0 unspecified atom stereocenters. The lowest BCUT2D eigenvalue weighted by atomic mass is 10.1. The highest BCUT2D eigenvalue weighted by atomic mass is 79.9. The van der Waals surface area contributed by atoms with Crippen molar-refractivity contribution in [3.8, 4) is 0 Å². The molecule has 1 aliphatic heterocycles. The lowest BCUT2D eigenvalue weighted by Gasteiger charge is -2.27. The summed E-state index contributed by atoms with van der Waals surface area (Å²) in [4.78, 5) is 16.4. The van der Waals surface area contributed by atoms with E-state index in [1.165, 1.54) is 23.3 Å². The molecule has 0 saturated heterocycles. The number of anilines is 1. The van der Waals surface area contributed by atoms with Gasteiger partial charge in [-0.25, -0.2) is 19.3 Å². The molecule has 0 radical (unpaired) electrons. The number of aromatic nitrogens is 3. The Labute approximate surface area is 132 Å². The molecule has 0 bridgehead atoms. The molecule has 3 aromatic rings. The first-order chi connectivity index (χ1) is 10.2. The number of benzene rings is 1. The van der Waals surface area contributed by atoms with Crippen LogP contribution >= 0.6 is 27.3 Å². The summed E-state index contributed by atoms with van der Waals surface area (Å²) < 4.78 is 14.4. The Bertz CT molecular complexity index is 835. The zero-order valence-corrected chi connectivity index (χ0v) is 13.3. The number of halogens is 2. The van der Waals surface area contributed by atoms with Gasteiger partial charge in [0.05, 0.1) is 17.8 Å². The van der Waals surface area contributed by atoms with Crippen molar-refractivity contribution in [1.82, 2.24) is 15.0 Å². The second-order valence-corrected chi connectivity index (χ2v) is 7.23. The van der Waals surface area contributed by atoms with E-state index in [4.69, 9.17) is 0 Å². The van der Waals surface area contributed by atoms with Crippen LogP contribution in [0.2, 0.25) is 0 Å². The van der Waals surface area contributed by atoms with Crippen molar-refractivity contribution in [2.45, 2.75) is 13.0 Å². The summed E-state index contributed by atoms with van der Waals surface area (Å²) in [7, 11) is 0. The molecule has 1 aromatic carbocycles. The number of nitrogens with zero attached hydrogens (tertiary/aromatic N) is 4. The first kappa shape index (κ1) is 13.1. The number of rotatable bonds is 1. The van der Waals surface area contributed by atoms with Crippen LogP contribution in [-0.2, 0) is 13.0 Å². The van der Waals surface area contributed by atoms with Crippen LogP contribution in [-0.4, -0.2) is 21.5 Å². The van der Waals surface area contributed by atoms with E-state index in [1.54, 1.807) is 17.4 Å². The fraction of sp³-hybridized carbons (Fsp3) is 0.214. The van der Waals surface area contributed by atoms with Gasteiger partial charge in [-0.05, 0) is 34.1 Å². The Balaban J connectivity index is 1.79. The van der Waals surface area contributed by atoms with Crippen LogP contribution < -0.4 is 4.90 Å². The Morgan fingerprint density at radius 2 is 2.19 bits per heavy atom. The third kappa shape index (κ3) is 2.30. The van der Waals surface area contributed by atoms with Gasteiger partial charge < -0.3 is 4.90 Å². The van der Waals surface area contributed by atoms with Crippen molar-refractivity contribution in [3.63, 3.8) is 0 Å². The largest absolute Gasteiger partial charge is 0.350 e. The lowest BCUT2D eigenvalue weighted by Crippen LogP contribution is -2.30. The van der Waals surface area contributed by atoms with E-state index < -0.39 is 0 Å². The predicted octanol–water partition coefficient (Wildman–Crippen LogP) is 3.55. The normalized spacial score (nSPS) is 14.5. The molecular formula is C14H10BrFN4S. The van der Waals surface area contributed by atoms with Gasteiger partial charge >= 0.3 is 0 Å². The van der Waals surface area contributed by atoms with E-state index in [-0.39, 0.29) is 5.82 Å². The number of hydrogen-bond donors (Lipinski definition) is 0. The molecule has 2 aromatic heterocycles. The van der Waals surface area contributed by atoms with Crippen molar-refractivity contribution in [2.75, 3.05) is 11.4 Å². The van der Waals surface area contributed by atoms with Gasteiger partial charge in [0.25, 0.3) is 0 Å². The number of thiazole rings is 1. The molecule has 106 valence electrons. The zero-order chi connectivity index (χ0) is 14.4. The minimum Gasteiger partial charge on any atom is -0.350 e. The summed E-state index contributed by atoms with van der Waals surface area (Å²) in [5, 5.41) is 0.754. The summed E-state index contributed by atoms with van der Waals surface area (Å²) in [6, 6.07) is 4.62. The standard InChI is InChI=1S/C14H10BrFN4S/c15-14-19-11-3-4-20(6-12(11)21-14)13-9-5-8(16)1-2-10(9)17-7-18-13/h1-2,5,7H,3-4,6H2. The van der Waals surface area contributed by atoms with Gasteiger partial charge in [-0.1, -0.05) is 0 Å². The average Bonchev–Trinajstić information content (AvgIpc) is 2.85. The van der Waals surface area contributed by atoms with E-state index in [1.807, 2.05) is 0 Å². The van der Waals surface area contributed by atoms with E-state index >= 15 is 0 Å². The van der Waals surface area contributed by atoms with Crippen LogP contribution in [0.15, 0.2) is 28.4 Å². The molecule has 7 heteroatoms. The van der Waals surface area contributed by atoms with Gasteiger partial charge in [-0.15, -0.1) is 11.3 Å². The maximum Gasteiger partial charge on any atom is 0.159 e. The summed E-state index contributed by atoms with van der Waals surface area (Å²) >= 11 is 5.08. The fourth-order valence-electron chi connectivity index (χ4n) is 2.61. The minimum atomic E-state index is -0.267. The summed E-state index contributed by atoms with van der Waals surface area (Å²) in [6.07, 6.45) is 2.41. The van der Waals surface area contributed by atoms with Crippen molar-refractivity contribution in [1.29, 1.82) is 0 Å². The monoisotopic (exact) mass is 364 g/mol. The Morgan fingerprint density at radius 3 is 3.10 bits per heavy atom. The number of hydrogen-bond acceptors (Lipinski definition) is 5. The lowest BCUT2D eigenvalue weighted by molar-refractivity contribution is 0.629. The Morgan fingerprint density at radius 1 is 1.29 bits per heavy atom. The molecule has 4 rings (SSSR count). The molecule has 0 amide bonds. The topological polar surface area (TPSA) is 41.9 Å². The molecule has 0 atom stereocenters. The molecule has 1 aliphatic rings. The molecule has 0 saturated carbocycles. The van der Waals surface area contributed by atoms with Crippen molar-refractivity contribution in [3.05, 3.63) is 44.8 Å². The molecular weight excluding hydrogens is 355 g/mol. The van der Waals surface area contributed by atoms with Gasteiger partial charge in [-0.2, -0.15) is 0 Å². The van der Waals surface area contributed by atoms with Gasteiger partial charge in [0.2, 0.25) is 0 Å². The van der Waals surface area contributed by atoms with Gasteiger partial charge in [0.1, 0.15) is 18.0 Å². The van der Waals surface area contributed by atoms with E-state index in [0.29, 0.717) is 0 Å². The third-order valence-electron chi connectivity index (χ3n) is 3.58. The van der Waals surface area contributed by atoms with Crippen LogP contribution in [0, 0.1) is 5.82 Å². The quantitative estimate of drug-likeness (QED) is 0.662. The van der Waals surface area contributed by atoms with Gasteiger partial charge in [-0.3, -0.25) is 0 Å². The molecule has 21 heavy (non-hydrogen) atoms. The van der Waals surface area contributed by atoms with Crippen molar-refractivity contribution >= 4 is 44.0 Å². The SMILES string of the molecule is Fc1ccc2ncnc(N3CCc4nc(Br)sc4C3)c2c1. The molecule has 0 spiro atoms. The van der Waals surface area contributed by atoms with Crippen LogP contribution in [0.4, 0.5) is 10.2 Å². The highest BCUT2D eigenvalue weighted by Gasteiger charge is 2.22. The van der Waals surface area contributed by atoms with Crippen LogP contribution in [0.3, 0.4) is 0 Å². The smallest absolute Gasteiger partial charge is 0.159 e. The second-order valence-electron chi connectivity index (χ2n) is 4.87. The molecule has 0 fully saturated rings. The highest BCUT2D eigenvalue weighted by molar-refractivity contribution is 9.11. The highest BCUT2D eigenvalue weighted by Crippen LogP contribution is 2.32. The van der Waals surface area contributed by atoms with Crippen LogP contribution in [0.1, 0.15) is 10.6 Å².